The Balaban J connectivity index is 1.99. The summed E-state index contributed by atoms with van der Waals surface area (Å²) in [5, 5.41) is 2.87. The van der Waals surface area contributed by atoms with Crippen LogP contribution in [0.5, 0.6) is 0 Å². The lowest BCUT2D eigenvalue weighted by Crippen LogP contribution is -2.46. The maximum Gasteiger partial charge on any atom is 0.254 e. The van der Waals surface area contributed by atoms with E-state index in [0.29, 0.717) is 37.7 Å². The van der Waals surface area contributed by atoms with E-state index in [4.69, 9.17) is 0 Å². The number of piperazine rings is 1. The molecule has 1 aliphatic rings. The van der Waals surface area contributed by atoms with E-state index in [2.05, 4.69) is 15.3 Å². The monoisotopic (exact) mass is 291 g/mol. The van der Waals surface area contributed by atoms with Gasteiger partial charge in [-0.3, -0.25) is 9.59 Å². The van der Waals surface area contributed by atoms with Crippen LogP contribution >= 0.6 is 0 Å². The predicted octanol–water partition coefficient (Wildman–Crippen LogP) is 0.283. The summed E-state index contributed by atoms with van der Waals surface area (Å²) in [6.07, 6.45) is 3.93. The second-order valence-electron chi connectivity index (χ2n) is 6.10. The van der Waals surface area contributed by atoms with Gasteiger partial charge in [-0.1, -0.05) is 0 Å². The molecule has 21 heavy (non-hydrogen) atoms. The summed E-state index contributed by atoms with van der Waals surface area (Å²) >= 11 is 0. The van der Waals surface area contributed by atoms with Crippen LogP contribution in [-0.2, 0) is 4.79 Å². The van der Waals surface area contributed by atoms with Gasteiger partial charge in [0.25, 0.3) is 5.91 Å². The van der Waals surface area contributed by atoms with Crippen molar-refractivity contribution < 1.29 is 9.59 Å². The highest BCUT2D eigenvalue weighted by Crippen LogP contribution is 2.11. The summed E-state index contributed by atoms with van der Waals surface area (Å²) < 4.78 is 0. The first-order valence-electron chi connectivity index (χ1n) is 6.98. The number of nitrogens with one attached hydrogen (secondary N) is 1. The zero-order valence-electron chi connectivity index (χ0n) is 12.7. The number of amides is 2. The SMILES string of the molecule is CC(C)(C)NC(=O)c1cnc(N2CCN(C=O)CC2)nc1. The van der Waals surface area contributed by atoms with Crippen LogP contribution in [0.1, 0.15) is 31.1 Å². The van der Waals surface area contributed by atoms with E-state index in [1.165, 1.54) is 12.4 Å². The molecule has 1 aromatic heterocycles. The van der Waals surface area contributed by atoms with Gasteiger partial charge in [0.2, 0.25) is 12.4 Å². The zero-order valence-corrected chi connectivity index (χ0v) is 12.7. The van der Waals surface area contributed by atoms with Gasteiger partial charge >= 0.3 is 0 Å². The number of rotatable bonds is 3. The molecular weight excluding hydrogens is 270 g/mol. The Kier molecular flexibility index (Phi) is 4.40. The van der Waals surface area contributed by atoms with Gasteiger partial charge in [-0.15, -0.1) is 0 Å². The van der Waals surface area contributed by atoms with Crippen molar-refractivity contribution in [3.63, 3.8) is 0 Å². The van der Waals surface area contributed by atoms with Crippen LogP contribution in [0.3, 0.4) is 0 Å². The van der Waals surface area contributed by atoms with Crippen molar-refractivity contribution in [2.24, 2.45) is 0 Å². The summed E-state index contributed by atoms with van der Waals surface area (Å²) in [7, 11) is 0. The lowest BCUT2D eigenvalue weighted by Gasteiger charge is -2.32. The maximum absolute atomic E-state index is 12.0. The molecule has 114 valence electrons. The largest absolute Gasteiger partial charge is 0.347 e. The van der Waals surface area contributed by atoms with E-state index in [9.17, 15) is 9.59 Å². The van der Waals surface area contributed by atoms with Gasteiger partial charge in [0.1, 0.15) is 0 Å². The fourth-order valence-corrected chi connectivity index (χ4v) is 2.04. The minimum Gasteiger partial charge on any atom is -0.347 e. The molecule has 0 radical (unpaired) electrons. The minimum absolute atomic E-state index is 0.181. The topological polar surface area (TPSA) is 78.4 Å². The first-order valence-corrected chi connectivity index (χ1v) is 6.98. The molecule has 1 aromatic rings. The second kappa shape index (κ2) is 6.07. The molecule has 1 fully saturated rings. The van der Waals surface area contributed by atoms with E-state index >= 15 is 0 Å². The predicted molar refractivity (Wildman–Crippen MR) is 79.1 cm³/mol. The lowest BCUT2D eigenvalue weighted by atomic mass is 10.1. The maximum atomic E-state index is 12.0. The Morgan fingerprint density at radius 1 is 1.19 bits per heavy atom. The Labute approximate surface area is 124 Å². The molecule has 0 atom stereocenters. The van der Waals surface area contributed by atoms with Crippen molar-refractivity contribution in [1.82, 2.24) is 20.2 Å². The molecule has 0 aromatic carbocycles. The number of hydrogen-bond donors (Lipinski definition) is 1. The Morgan fingerprint density at radius 2 is 1.76 bits per heavy atom. The molecule has 2 amide bonds. The number of anilines is 1. The van der Waals surface area contributed by atoms with Gasteiger partial charge < -0.3 is 15.1 Å². The van der Waals surface area contributed by atoms with E-state index in [-0.39, 0.29) is 11.4 Å². The van der Waals surface area contributed by atoms with Gasteiger partial charge in [0.15, 0.2) is 0 Å². The van der Waals surface area contributed by atoms with Crippen molar-refractivity contribution in [3.05, 3.63) is 18.0 Å². The first-order chi connectivity index (χ1) is 9.89. The molecule has 0 bridgehead atoms. The summed E-state index contributed by atoms with van der Waals surface area (Å²) in [5.41, 5.74) is 0.154. The Bertz CT molecular complexity index is 501. The highest BCUT2D eigenvalue weighted by atomic mass is 16.2. The van der Waals surface area contributed by atoms with E-state index in [1.807, 2.05) is 25.7 Å². The zero-order chi connectivity index (χ0) is 15.5. The molecule has 2 rings (SSSR count). The van der Waals surface area contributed by atoms with Crippen LogP contribution in [0.15, 0.2) is 12.4 Å². The summed E-state index contributed by atoms with van der Waals surface area (Å²) in [4.78, 5) is 34.9. The smallest absolute Gasteiger partial charge is 0.254 e. The normalized spacial score (nSPS) is 15.8. The average Bonchev–Trinajstić information content (AvgIpc) is 2.46. The first kappa shape index (κ1) is 15.2. The van der Waals surface area contributed by atoms with Crippen LogP contribution in [-0.4, -0.2) is 58.9 Å². The van der Waals surface area contributed by atoms with Gasteiger partial charge in [-0.2, -0.15) is 0 Å². The molecule has 0 aliphatic carbocycles. The summed E-state index contributed by atoms with van der Waals surface area (Å²) in [6, 6.07) is 0. The lowest BCUT2D eigenvalue weighted by molar-refractivity contribution is -0.118. The minimum atomic E-state index is -0.291. The molecule has 7 nitrogen and oxygen atoms in total. The molecule has 1 aliphatic heterocycles. The Morgan fingerprint density at radius 3 is 2.24 bits per heavy atom. The van der Waals surface area contributed by atoms with Crippen LogP contribution in [0.4, 0.5) is 5.95 Å². The van der Waals surface area contributed by atoms with Gasteiger partial charge in [0.05, 0.1) is 5.56 Å². The van der Waals surface area contributed by atoms with Gasteiger partial charge in [-0.05, 0) is 20.8 Å². The number of carbonyl (C=O) groups is 2. The van der Waals surface area contributed by atoms with Gasteiger partial charge in [0, 0.05) is 44.1 Å². The Hall–Kier alpha value is -2.18. The van der Waals surface area contributed by atoms with Crippen molar-refractivity contribution in [3.8, 4) is 0 Å². The molecule has 7 heteroatoms. The number of aromatic nitrogens is 2. The third kappa shape index (κ3) is 4.14. The third-order valence-electron chi connectivity index (χ3n) is 3.14. The van der Waals surface area contributed by atoms with Crippen molar-refractivity contribution in [1.29, 1.82) is 0 Å². The molecule has 0 saturated carbocycles. The molecule has 2 heterocycles. The van der Waals surface area contributed by atoms with E-state index in [1.54, 1.807) is 4.90 Å². The number of nitrogens with zero attached hydrogens (tertiary/aromatic N) is 4. The number of hydrogen-bond acceptors (Lipinski definition) is 5. The fraction of sp³-hybridized carbons (Fsp3) is 0.571. The average molecular weight is 291 g/mol. The molecule has 0 unspecified atom stereocenters. The highest BCUT2D eigenvalue weighted by Gasteiger charge is 2.19. The fourth-order valence-electron chi connectivity index (χ4n) is 2.04. The summed E-state index contributed by atoms with van der Waals surface area (Å²) in [5.74, 6) is 0.410. The van der Waals surface area contributed by atoms with Crippen LogP contribution in [0.2, 0.25) is 0 Å². The van der Waals surface area contributed by atoms with Crippen molar-refractivity contribution in [2.45, 2.75) is 26.3 Å². The van der Waals surface area contributed by atoms with Crippen molar-refractivity contribution in [2.75, 3.05) is 31.1 Å². The number of carbonyl (C=O) groups excluding carboxylic acids is 2. The standard InChI is InChI=1S/C14H21N5O2/c1-14(2,3)17-12(21)11-8-15-13(16-9-11)19-6-4-18(10-20)5-7-19/h8-10H,4-7H2,1-3H3,(H,17,21). The molecule has 0 spiro atoms. The van der Waals surface area contributed by atoms with Crippen molar-refractivity contribution >= 4 is 18.3 Å². The molecule has 1 saturated heterocycles. The van der Waals surface area contributed by atoms with Crippen LogP contribution in [0.25, 0.3) is 0 Å². The summed E-state index contributed by atoms with van der Waals surface area (Å²) in [6.45, 7) is 8.50. The van der Waals surface area contributed by atoms with E-state index in [0.717, 1.165) is 6.41 Å². The highest BCUT2D eigenvalue weighted by molar-refractivity contribution is 5.94. The third-order valence-corrected chi connectivity index (χ3v) is 3.14. The van der Waals surface area contributed by atoms with Gasteiger partial charge in [-0.25, -0.2) is 9.97 Å². The molecular formula is C14H21N5O2. The van der Waals surface area contributed by atoms with Crippen LogP contribution < -0.4 is 10.2 Å². The second-order valence-corrected chi connectivity index (χ2v) is 6.10. The molecule has 1 N–H and O–H groups in total. The van der Waals surface area contributed by atoms with Crippen LogP contribution in [0, 0.1) is 0 Å². The quantitative estimate of drug-likeness (QED) is 0.810. The van der Waals surface area contributed by atoms with E-state index < -0.39 is 0 Å².